The lowest BCUT2D eigenvalue weighted by Gasteiger charge is -2.37. The van der Waals surface area contributed by atoms with E-state index in [4.69, 9.17) is 0 Å². The topological polar surface area (TPSA) is 32.3 Å². The summed E-state index contributed by atoms with van der Waals surface area (Å²) in [6, 6.07) is 14.3. The average molecular weight is 355 g/mol. The molecule has 2 heterocycles. The van der Waals surface area contributed by atoms with E-state index in [2.05, 4.69) is 70.1 Å². The molecule has 5 heteroatoms. The minimum atomic E-state index is -1.35. The molecule has 0 amide bonds. The van der Waals surface area contributed by atoms with Crippen molar-refractivity contribution in [2.45, 2.75) is 26.1 Å². The van der Waals surface area contributed by atoms with Gasteiger partial charge in [0.05, 0.1) is 8.07 Å². The van der Waals surface area contributed by atoms with E-state index < -0.39 is 8.07 Å². The second kappa shape index (κ2) is 8.10. The Labute approximate surface area is 152 Å². The van der Waals surface area contributed by atoms with Gasteiger partial charge < -0.3 is 4.90 Å². The zero-order valence-corrected chi connectivity index (χ0v) is 16.7. The Morgan fingerprint density at radius 1 is 0.960 bits per heavy atom. The summed E-state index contributed by atoms with van der Waals surface area (Å²) in [5.41, 5.74) is 0. The highest BCUT2D eigenvalue weighted by molar-refractivity contribution is 6.89. The van der Waals surface area contributed by atoms with Crippen LogP contribution in [0.4, 0.5) is 5.95 Å². The van der Waals surface area contributed by atoms with Crippen molar-refractivity contribution in [1.29, 1.82) is 0 Å². The van der Waals surface area contributed by atoms with E-state index in [1.807, 2.05) is 18.5 Å². The molecule has 0 unspecified atom stereocenters. The van der Waals surface area contributed by atoms with Gasteiger partial charge in [-0.1, -0.05) is 55.5 Å². The molecule has 0 saturated carbocycles. The zero-order chi connectivity index (χ0) is 17.7. The number of rotatable bonds is 6. The van der Waals surface area contributed by atoms with Crippen molar-refractivity contribution < 1.29 is 0 Å². The van der Waals surface area contributed by atoms with Gasteiger partial charge >= 0.3 is 0 Å². The fourth-order valence-corrected chi connectivity index (χ4v) is 7.17. The molecule has 25 heavy (non-hydrogen) atoms. The van der Waals surface area contributed by atoms with Crippen LogP contribution in [0, 0.1) is 5.92 Å². The smallest absolute Gasteiger partial charge is 0.225 e. The minimum absolute atomic E-state index is 0.737. The van der Waals surface area contributed by atoms with Gasteiger partial charge in [-0.05, 0) is 18.0 Å². The van der Waals surface area contributed by atoms with Gasteiger partial charge in [-0.15, -0.1) is 0 Å². The van der Waals surface area contributed by atoms with Crippen LogP contribution in [0.3, 0.4) is 0 Å². The summed E-state index contributed by atoms with van der Waals surface area (Å²) in [5, 5.41) is 1.58. The summed E-state index contributed by atoms with van der Waals surface area (Å²) in [5.74, 6) is 1.61. The maximum atomic E-state index is 4.37. The van der Waals surface area contributed by atoms with Crippen LogP contribution in [0.2, 0.25) is 19.1 Å². The van der Waals surface area contributed by atoms with E-state index in [1.165, 1.54) is 12.6 Å². The van der Waals surface area contributed by atoms with Gasteiger partial charge in [0.2, 0.25) is 5.95 Å². The maximum absolute atomic E-state index is 4.37. The van der Waals surface area contributed by atoms with Crippen LogP contribution in [0.15, 0.2) is 48.8 Å². The van der Waals surface area contributed by atoms with Crippen molar-refractivity contribution in [1.82, 2.24) is 14.9 Å². The highest BCUT2D eigenvalue weighted by Gasteiger charge is 2.27. The average Bonchev–Trinajstić information content (AvgIpc) is 2.63. The molecule has 1 atom stereocenters. The highest BCUT2D eigenvalue weighted by atomic mass is 28.3. The van der Waals surface area contributed by atoms with E-state index >= 15 is 0 Å². The SMILES string of the molecule is C[C@H](CN1CCN(c2ncccn2)CC1)C[Si](C)(C)c1ccccc1. The van der Waals surface area contributed by atoms with Gasteiger partial charge in [-0.25, -0.2) is 9.97 Å². The van der Waals surface area contributed by atoms with E-state index in [-0.39, 0.29) is 0 Å². The fourth-order valence-electron chi connectivity index (χ4n) is 3.97. The Bertz CT molecular complexity index is 639. The lowest BCUT2D eigenvalue weighted by atomic mass is 10.2. The van der Waals surface area contributed by atoms with Crippen LogP contribution in [0.25, 0.3) is 0 Å². The second-order valence-corrected chi connectivity index (χ2v) is 12.6. The van der Waals surface area contributed by atoms with Crippen molar-refractivity contribution >= 4 is 19.2 Å². The Hall–Kier alpha value is -1.72. The lowest BCUT2D eigenvalue weighted by molar-refractivity contribution is 0.230. The summed E-state index contributed by atoms with van der Waals surface area (Å²) in [6.07, 6.45) is 3.65. The summed E-state index contributed by atoms with van der Waals surface area (Å²) in [7, 11) is -1.35. The molecule has 1 aliphatic heterocycles. The van der Waals surface area contributed by atoms with Gasteiger partial charge in [0.25, 0.3) is 0 Å². The lowest BCUT2D eigenvalue weighted by Crippen LogP contribution is -2.49. The predicted octanol–water partition coefficient (Wildman–Crippen LogP) is 2.85. The number of anilines is 1. The summed E-state index contributed by atoms with van der Waals surface area (Å²) >= 11 is 0. The third-order valence-electron chi connectivity index (χ3n) is 5.19. The van der Waals surface area contributed by atoms with Gasteiger partial charge in [0, 0.05) is 45.1 Å². The summed E-state index contributed by atoms with van der Waals surface area (Å²) in [6.45, 7) is 12.9. The molecule has 1 fully saturated rings. The Morgan fingerprint density at radius 3 is 2.24 bits per heavy atom. The van der Waals surface area contributed by atoms with Crippen molar-refractivity contribution in [2.75, 3.05) is 37.6 Å². The number of nitrogens with zero attached hydrogens (tertiary/aromatic N) is 4. The first kappa shape index (κ1) is 18.1. The quantitative estimate of drug-likeness (QED) is 0.747. The third kappa shape index (κ3) is 4.89. The molecule has 1 aromatic carbocycles. The molecule has 4 nitrogen and oxygen atoms in total. The Kier molecular flexibility index (Phi) is 5.86. The molecular formula is C20H30N4Si. The molecule has 0 bridgehead atoms. The zero-order valence-electron chi connectivity index (χ0n) is 15.7. The predicted molar refractivity (Wildman–Crippen MR) is 108 cm³/mol. The number of piperazine rings is 1. The van der Waals surface area contributed by atoms with Crippen LogP contribution in [0.1, 0.15) is 6.92 Å². The Morgan fingerprint density at radius 2 is 1.60 bits per heavy atom. The molecule has 1 saturated heterocycles. The molecule has 0 spiro atoms. The standard InChI is InChI=1S/C20H30N4Si/c1-18(17-25(2,3)19-8-5-4-6-9-19)16-23-12-14-24(15-13-23)20-21-10-7-11-22-20/h4-11,18H,12-17H2,1-3H3/t18-/m1/s1. The molecular weight excluding hydrogens is 324 g/mol. The third-order valence-corrected chi connectivity index (χ3v) is 8.81. The molecule has 0 aliphatic carbocycles. The van der Waals surface area contributed by atoms with Crippen LogP contribution < -0.4 is 10.1 Å². The summed E-state index contributed by atoms with van der Waals surface area (Å²) < 4.78 is 0. The normalized spacial score (nSPS) is 17.5. The number of hydrogen-bond acceptors (Lipinski definition) is 4. The number of hydrogen-bond donors (Lipinski definition) is 0. The minimum Gasteiger partial charge on any atom is -0.338 e. The van der Waals surface area contributed by atoms with E-state index in [1.54, 1.807) is 5.19 Å². The van der Waals surface area contributed by atoms with E-state index in [0.717, 1.165) is 38.0 Å². The van der Waals surface area contributed by atoms with Crippen LogP contribution >= 0.6 is 0 Å². The largest absolute Gasteiger partial charge is 0.338 e. The molecule has 0 N–H and O–H groups in total. The Balaban J connectivity index is 1.49. The van der Waals surface area contributed by atoms with E-state index in [9.17, 15) is 0 Å². The van der Waals surface area contributed by atoms with Gasteiger partial charge in [-0.2, -0.15) is 0 Å². The highest BCUT2D eigenvalue weighted by Crippen LogP contribution is 2.19. The van der Waals surface area contributed by atoms with Crippen LogP contribution in [-0.4, -0.2) is 55.7 Å². The first-order valence-corrected chi connectivity index (χ1v) is 12.6. The second-order valence-electron chi connectivity index (χ2n) is 7.90. The molecule has 134 valence electrons. The van der Waals surface area contributed by atoms with Crippen molar-refractivity contribution in [3.63, 3.8) is 0 Å². The maximum Gasteiger partial charge on any atom is 0.225 e. The van der Waals surface area contributed by atoms with Crippen molar-refractivity contribution in [3.05, 3.63) is 48.8 Å². The fraction of sp³-hybridized carbons (Fsp3) is 0.500. The molecule has 2 aromatic rings. The first-order chi connectivity index (χ1) is 12.0. The molecule has 1 aromatic heterocycles. The van der Waals surface area contributed by atoms with Gasteiger partial charge in [0.15, 0.2) is 0 Å². The van der Waals surface area contributed by atoms with Gasteiger partial charge in [-0.3, -0.25) is 4.90 Å². The number of benzene rings is 1. The monoisotopic (exact) mass is 354 g/mol. The number of aromatic nitrogens is 2. The first-order valence-electron chi connectivity index (χ1n) is 9.34. The van der Waals surface area contributed by atoms with Crippen molar-refractivity contribution in [2.24, 2.45) is 5.92 Å². The van der Waals surface area contributed by atoms with Crippen LogP contribution in [-0.2, 0) is 0 Å². The van der Waals surface area contributed by atoms with E-state index in [0.29, 0.717) is 0 Å². The molecule has 3 rings (SSSR count). The molecule has 1 aliphatic rings. The van der Waals surface area contributed by atoms with Crippen LogP contribution in [0.5, 0.6) is 0 Å². The molecule has 0 radical (unpaired) electrons. The summed E-state index contributed by atoms with van der Waals surface area (Å²) in [4.78, 5) is 13.7. The van der Waals surface area contributed by atoms with Gasteiger partial charge in [0.1, 0.15) is 0 Å². The van der Waals surface area contributed by atoms with Crippen molar-refractivity contribution in [3.8, 4) is 0 Å².